The third-order valence-corrected chi connectivity index (χ3v) is 2.82. The van der Waals surface area contributed by atoms with Gasteiger partial charge in [0.05, 0.1) is 0 Å². The second kappa shape index (κ2) is 3.91. The van der Waals surface area contributed by atoms with E-state index in [1.165, 1.54) is 11.9 Å². The summed E-state index contributed by atoms with van der Waals surface area (Å²) < 4.78 is 37.3. The summed E-state index contributed by atoms with van der Waals surface area (Å²) in [6.07, 6.45) is -3.75. The van der Waals surface area contributed by atoms with E-state index in [2.05, 4.69) is 0 Å². The van der Waals surface area contributed by atoms with E-state index in [4.69, 9.17) is 0 Å². The highest BCUT2D eigenvalue weighted by molar-refractivity contribution is 5.73. The predicted octanol–water partition coefficient (Wildman–Crippen LogP) is 2.18. The molecular weight excluding hydrogens is 221 g/mol. The van der Waals surface area contributed by atoms with Gasteiger partial charge in [-0.1, -0.05) is 0 Å². The van der Waals surface area contributed by atoms with Gasteiger partial charge in [-0.05, 0) is 27.2 Å². The molecule has 0 spiro atoms. The van der Waals surface area contributed by atoms with Crippen molar-refractivity contribution in [2.45, 2.75) is 51.9 Å². The highest BCUT2D eigenvalue weighted by Gasteiger charge is 2.48. The topological polar surface area (TPSA) is 23.6 Å². The van der Waals surface area contributed by atoms with Crippen LogP contribution in [0.4, 0.5) is 13.2 Å². The SMILES string of the molecule is CC(=O)N1C(C)CC(C)(C)N1CC(F)(F)F. The van der Waals surface area contributed by atoms with Crippen molar-refractivity contribution in [1.82, 2.24) is 10.0 Å². The molecule has 1 unspecified atom stereocenters. The number of nitrogens with zero attached hydrogens (tertiary/aromatic N) is 2. The number of rotatable bonds is 1. The first-order valence-corrected chi connectivity index (χ1v) is 5.19. The Morgan fingerprint density at radius 1 is 1.44 bits per heavy atom. The maximum absolute atomic E-state index is 12.4. The van der Waals surface area contributed by atoms with Gasteiger partial charge >= 0.3 is 6.18 Å². The van der Waals surface area contributed by atoms with Crippen LogP contribution in [0.25, 0.3) is 0 Å². The van der Waals surface area contributed by atoms with Crippen molar-refractivity contribution in [3.8, 4) is 0 Å². The van der Waals surface area contributed by atoms with E-state index < -0.39 is 18.3 Å². The zero-order valence-corrected chi connectivity index (χ0v) is 9.93. The molecule has 0 N–H and O–H groups in total. The molecule has 1 amide bonds. The third-order valence-electron chi connectivity index (χ3n) is 2.82. The molecule has 0 aliphatic carbocycles. The van der Waals surface area contributed by atoms with Gasteiger partial charge in [-0.3, -0.25) is 9.80 Å². The number of amides is 1. The van der Waals surface area contributed by atoms with Crippen LogP contribution in [0.1, 0.15) is 34.1 Å². The number of hydrogen-bond donors (Lipinski definition) is 0. The Morgan fingerprint density at radius 3 is 2.31 bits per heavy atom. The Bertz CT molecular complexity index is 288. The zero-order chi connectivity index (χ0) is 12.7. The normalized spacial score (nSPS) is 26.2. The van der Waals surface area contributed by atoms with Crippen molar-refractivity contribution < 1.29 is 18.0 Å². The van der Waals surface area contributed by atoms with Crippen LogP contribution in [0.2, 0.25) is 0 Å². The molecule has 0 radical (unpaired) electrons. The number of hydrogen-bond acceptors (Lipinski definition) is 2. The second-order valence-corrected chi connectivity index (χ2v) is 4.90. The van der Waals surface area contributed by atoms with Crippen LogP contribution in [-0.4, -0.2) is 40.2 Å². The second-order valence-electron chi connectivity index (χ2n) is 4.90. The Kier molecular flexibility index (Phi) is 3.24. The quantitative estimate of drug-likeness (QED) is 0.699. The van der Waals surface area contributed by atoms with Gasteiger partial charge in [0.1, 0.15) is 6.54 Å². The van der Waals surface area contributed by atoms with E-state index in [0.29, 0.717) is 6.42 Å². The van der Waals surface area contributed by atoms with Crippen molar-refractivity contribution in [3.05, 3.63) is 0 Å². The molecule has 0 saturated carbocycles. The lowest BCUT2D eigenvalue weighted by atomic mass is 9.98. The highest BCUT2D eigenvalue weighted by Crippen LogP contribution is 2.36. The van der Waals surface area contributed by atoms with Gasteiger partial charge in [0, 0.05) is 18.5 Å². The van der Waals surface area contributed by atoms with Crippen molar-refractivity contribution in [2.75, 3.05) is 6.54 Å². The Balaban J connectivity index is 2.95. The van der Waals surface area contributed by atoms with Gasteiger partial charge in [0.2, 0.25) is 5.91 Å². The lowest BCUT2D eigenvalue weighted by molar-refractivity contribution is -0.194. The van der Waals surface area contributed by atoms with Crippen molar-refractivity contribution in [2.24, 2.45) is 0 Å². The first-order chi connectivity index (χ1) is 7.04. The Labute approximate surface area is 93.2 Å². The molecule has 1 fully saturated rings. The Morgan fingerprint density at radius 2 is 1.94 bits per heavy atom. The van der Waals surface area contributed by atoms with Crippen molar-refractivity contribution in [1.29, 1.82) is 0 Å². The van der Waals surface area contributed by atoms with E-state index in [-0.39, 0.29) is 11.9 Å². The van der Waals surface area contributed by atoms with Crippen LogP contribution in [0, 0.1) is 0 Å². The molecule has 6 heteroatoms. The molecule has 0 bridgehead atoms. The first-order valence-electron chi connectivity index (χ1n) is 5.19. The predicted molar refractivity (Wildman–Crippen MR) is 53.4 cm³/mol. The molecule has 1 aliphatic rings. The lowest BCUT2D eigenvalue weighted by Crippen LogP contribution is -2.53. The maximum Gasteiger partial charge on any atom is 0.403 e. The van der Waals surface area contributed by atoms with Gasteiger partial charge in [0.25, 0.3) is 0 Å². The molecular formula is C10H17F3N2O. The number of alkyl halides is 3. The highest BCUT2D eigenvalue weighted by atomic mass is 19.4. The average molecular weight is 238 g/mol. The van der Waals surface area contributed by atoms with Gasteiger partial charge in [-0.15, -0.1) is 0 Å². The summed E-state index contributed by atoms with van der Waals surface area (Å²) in [4.78, 5) is 11.4. The molecule has 1 rings (SSSR count). The van der Waals surface area contributed by atoms with Crippen LogP contribution in [-0.2, 0) is 4.79 Å². The minimum atomic E-state index is -4.30. The molecule has 1 saturated heterocycles. The van der Waals surface area contributed by atoms with E-state index in [0.717, 1.165) is 5.01 Å². The third kappa shape index (κ3) is 2.66. The van der Waals surface area contributed by atoms with Crippen LogP contribution in [0.5, 0.6) is 0 Å². The van der Waals surface area contributed by atoms with E-state index in [1.54, 1.807) is 20.8 Å². The minimum Gasteiger partial charge on any atom is -0.274 e. The van der Waals surface area contributed by atoms with E-state index in [1.807, 2.05) is 0 Å². The van der Waals surface area contributed by atoms with Crippen LogP contribution in [0.15, 0.2) is 0 Å². The molecule has 94 valence electrons. The largest absolute Gasteiger partial charge is 0.403 e. The molecule has 0 aromatic rings. The maximum atomic E-state index is 12.4. The van der Waals surface area contributed by atoms with Crippen LogP contribution in [0.3, 0.4) is 0 Å². The van der Waals surface area contributed by atoms with Gasteiger partial charge in [0.15, 0.2) is 0 Å². The molecule has 3 nitrogen and oxygen atoms in total. The standard InChI is InChI=1S/C10H17F3N2O/c1-7-5-9(3,4)14(6-10(11,12)13)15(7)8(2)16/h7H,5-6H2,1-4H3. The minimum absolute atomic E-state index is 0.185. The summed E-state index contributed by atoms with van der Waals surface area (Å²) >= 11 is 0. The number of halogens is 3. The molecule has 0 aromatic heterocycles. The smallest absolute Gasteiger partial charge is 0.274 e. The van der Waals surface area contributed by atoms with E-state index in [9.17, 15) is 18.0 Å². The molecule has 16 heavy (non-hydrogen) atoms. The lowest BCUT2D eigenvalue weighted by Gasteiger charge is -2.37. The van der Waals surface area contributed by atoms with Crippen LogP contribution >= 0.6 is 0 Å². The summed E-state index contributed by atoms with van der Waals surface area (Å²) in [7, 11) is 0. The average Bonchev–Trinajstić information content (AvgIpc) is 2.17. The van der Waals surface area contributed by atoms with Crippen LogP contribution < -0.4 is 0 Å². The van der Waals surface area contributed by atoms with Gasteiger partial charge < -0.3 is 0 Å². The van der Waals surface area contributed by atoms with E-state index >= 15 is 0 Å². The fraction of sp³-hybridized carbons (Fsp3) is 0.900. The number of carbonyl (C=O) groups excluding carboxylic acids is 1. The number of hydrazine groups is 1. The summed E-state index contributed by atoms with van der Waals surface area (Å²) in [5, 5.41) is 2.34. The first kappa shape index (κ1) is 13.3. The fourth-order valence-electron chi connectivity index (χ4n) is 2.38. The zero-order valence-electron chi connectivity index (χ0n) is 9.93. The summed E-state index contributed by atoms with van der Waals surface area (Å²) in [5.41, 5.74) is -0.638. The molecule has 1 heterocycles. The van der Waals surface area contributed by atoms with Crippen molar-refractivity contribution in [3.63, 3.8) is 0 Å². The number of carbonyl (C=O) groups is 1. The Hall–Kier alpha value is -0.780. The van der Waals surface area contributed by atoms with Gasteiger partial charge in [-0.2, -0.15) is 13.2 Å². The molecule has 1 aliphatic heterocycles. The summed E-state index contributed by atoms with van der Waals surface area (Å²) in [6.45, 7) is 5.42. The summed E-state index contributed by atoms with van der Waals surface area (Å²) in [5.74, 6) is -0.345. The van der Waals surface area contributed by atoms with Crippen molar-refractivity contribution >= 4 is 5.91 Å². The summed E-state index contributed by atoms with van der Waals surface area (Å²) in [6, 6.07) is -0.185. The molecule has 1 atom stereocenters. The monoisotopic (exact) mass is 238 g/mol. The molecule has 0 aromatic carbocycles. The van der Waals surface area contributed by atoms with Gasteiger partial charge in [-0.25, -0.2) is 5.01 Å². The fourth-order valence-corrected chi connectivity index (χ4v) is 2.38.